The Bertz CT molecular complexity index is 561. The summed E-state index contributed by atoms with van der Waals surface area (Å²) in [5, 5.41) is 11.0. The molecule has 0 saturated carbocycles. The molecule has 0 saturated heterocycles. The summed E-state index contributed by atoms with van der Waals surface area (Å²) in [4.78, 5) is 33.7. The Morgan fingerprint density at radius 2 is 2.00 bits per heavy atom. The molecule has 1 amide bonds. The first-order valence-corrected chi connectivity index (χ1v) is 5.90. The summed E-state index contributed by atoms with van der Waals surface area (Å²) in [7, 11) is 1.14. The minimum atomic E-state index is -1.39. The van der Waals surface area contributed by atoms with E-state index in [2.05, 4.69) is 10.1 Å². The van der Waals surface area contributed by atoms with Gasteiger partial charge < -0.3 is 15.2 Å². The maximum atomic E-state index is 13.4. The number of nitrogens with one attached hydrogen (secondary N) is 1. The number of rotatable bonds is 6. The molecule has 0 heterocycles. The van der Waals surface area contributed by atoms with Crippen molar-refractivity contribution in [3.63, 3.8) is 0 Å². The summed E-state index contributed by atoms with van der Waals surface area (Å²) >= 11 is 0. The Kier molecular flexibility index (Phi) is 5.77. The van der Waals surface area contributed by atoms with Crippen molar-refractivity contribution in [1.29, 1.82) is 0 Å². The molecule has 8 heteroatoms. The maximum absolute atomic E-state index is 13.4. The molecule has 0 fully saturated rings. The average Bonchev–Trinajstić information content (AvgIpc) is 2.42. The number of carboxylic acid groups (broad SMARTS) is 1. The number of carbonyl (C=O) groups is 3. The third-order valence-electron chi connectivity index (χ3n) is 2.64. The number of hydrogen-bond donors (Lipinski definition) is 2. The molecule has 0 aliphatic rings. The Hall–Kier alpha value is -2.51. The quantitative estimate of drug-likeness (QED) is 0.768. The highest BCUT2D eigenvalue weighted by Crippen LogP contribution is 2.10. The van der Waals surface area contributed by atoms with Gasteiger partial charge in [0.15, 0.2) is 0 Å². The van der Waals surface area contributed by atoms with Crippen molar-refractivity contribution >= 4 is 17.8 Å². The van der Waals surface area contributed by atoms with E-state index in [9.17, 15) is 23.2 Å². The molecule has 1 rings (SSSR count). The summed E-state index contributed by atoms with van der Waals surface area (Å²) in [6.07, 6.45) is -0.434. The van der Waals surface area contributed by atoms with Crippen molar-refractivity contribution in [2.24, 2.45) is 0 Å². The second-order valence-electron chi connectivity index (χ2n) is 4.10. The first kappa shape index (κ1) is 16.5. The van der Waals surface area contributed by atoms with Crippen molar-refractivity contribution in [1.82, 2.24) is 5.32 Å². The minimum Gasteiger partial charge on any atom is -0.480 e. The predicted octanol–water partition coefficient (Wildman–Crippen LogP) is 1.10. The number of aliphatic carboxylic acids is 1. The van der Waals surface area contributed by atoms with Crippen molar-refractivity contribution < 1.29 is 33.0 Å². The van der Waals surface area contributed by atoms with E-state index >= 15 is 0 Å². The number of amides is 1. The molecule has 0 spiro atoms. The van der Waals surface area contributed by atoms with Crippen LogP contribution < -0.4 is 5.32 Å². The zero-order chi connectivity index (χ0) is 16.0. The van der Waals surface area contributed by atoms with E-state index in [1.165, 1.54) is 0 Å². The van der Waals surface area contributed by atoms with E-state index in [4.69, 9.17) is 5.11 Å². The standard InChI is InChI=1S/C13H13F2NO5/c1-21-11(17)5-4-10(13(19)20)16-12(18)8-3-2-7(14)6-9(8)15/h2-3,6,10H,4-5H2,1H3,(H,16,18)(H,19,20). The van der Waals surface area contributed by atoms with Crippen LogP contribution in [0.4, 0.5) is 8.78 Å². The summed E-state index contributed by atoms with van der Waals surface area (Å²) in [6.45, 7) is 0. The molecule has 2 N–H and O–H groups in total. The molecule has 1 aromatic rings. The van der Waals surface area contributed by atoms with Gasteiger partial charge in [-0.2, -0.15) is 0 Å². The number of ether oxygens (including phenoxy) is 1. The molecular weight excluding hydrogens is 288 g/mol. The van der Waals surface area contributed by atoms with Gasteiger partial charge in [0.05, 0.1) is 12.7 Å². The molecule has 0 aromatic heterocycles. The van der Waals surface area contributed by atoms with Crippen LogP contribution >= 0.6 is 0 Å². The fourth-order valence-electron chi connectivity index (χ4n) is 1.53. The molecule has 1 atom stereocenters. The number of carbonyl (C=O) groups excluding carboxylic acids is 2. The Labute approximate surface area is 118 Å². The van der Waals surface area contributed by atoms with Crippen molar-refractivity contribution in [2.75, 3.05) is 7.11 Å². The average molecular weight is 301 g/mol. The fourth-order valence-corrected chi connectivity index (χ4v) is 1.53. The molecule has 114 valence electrons. The smallest absolute Gasteiger partial charge is 0.326 e. The number of esters is 1. The van der Waals surface area contributed by atoms with Crippen LogP contribution in [0.2, 0.25) is 0 Å². The molecule has 0 aliphatic carbocycles. The van der Waals surface area contributed by atoms with Gasteiger partial charge in [0, 0.05) is 12.5 Å². The van der Waals surface area contributed by atoms with E-state index in [0.29, 0.717) is 6.07 Å². The van der Waals surface area contributed by atoms with E-state index < -0.39 is 41.1 Å². The van der Waals surface area contributed by atoms with Crippen LogP contribution in [0.3, 0.4) is 0 Å². The number of halogens is 2. The topological polar surface area (TPSA) is 92.7 Å². The van der Waals surface area contributed by atoms with E-state index in [-0.39, 0.29) is 12.8 Å². The Balaban J connectivity index is 2.76. The monoisotopic (exact) mass is 301 g/mol. The van der Waals surface area contributed by atoms with Gasteiger partial charge in [-0.05, 0) is 18.6 Å². The first-order valence-electron chi connectivity index (χ1n) is 5.90. The summed E-state index contributed by atoms with van der Waals surface area (Å²) in [6, 6.07) is 0.904. The molecule has 1 unspecified atom stereocenters. The lowest BCUT2D eigenvalue weighted by atomic mass is 10.1. The molecule has 0 bridgehead atoms. The Morgan fingerprint density at radius 1 is 1.33 bits per heavy atom. The second-order valence-corrected chi connectivity index (χ2v) is 4.10. The van der Waals surface area contributed by atoms with Gasteiger partial charge >= 0.3 is 11.9 Å². The third-order valence-corrected chi connectivity index (χ3v) is 2.64. The molecule has 0 radical (unpaired) electrons. The lowest BCUT2D eigenvalue weighted by molar-refractivity contribution is -0.142. The van der Waals surface area contributed by atoms with Gasteiger partial charge in [-0.15, -0.1) is 0 Å². The molecule has 0 aliphatic heterocycles. The second kappa shape index (κ2) is 7.32. The highest BCUT2D eigenvalue weighted by atomic mass is 19.1. The molecule has 21 heavy (non-hydrogen) atoms. The summed E-state index contributed by atoms with van der Waals surface area (Å²) < 4.78 is 30.5. The zero-order valence-electron chi connectivity index (χ0n) is 11.1. The largest absolute Gasteiger partial charge is 0.480 e. The van der Waals surface area contributed by atoms with E-state index in [1.54, 1.807) is 0 Å². The van der Waals surface area contributed by atoms with Crippen molar-refractivity contribution in [2.45, 2.75) is 18.9 Å². The number of benzene rings is 1. The molecule has 6 nitrogen and oxygen atoms in total. The van der Waals surface area contributed by atoms with Crippen LogP contribution in [0.25, 0.3) is 0 Å². The predicted molar refractivity (Wildman–Crippen MR) is 66.5 cm³/mol. The summed E-state index contributed by atoms with van der Waals surface area (Å²) in [5.74, 6) is -4.99. The van der Waals surface area contributed by atoms with Crippen LogP contribution in [0, 0.1) is 11.6 Å². The normalized spacial score (nSPS) is 11.6. The number of methoxy groups -OCH3 is 1. The maximum Gasteiger partial charge on any atom is 0.326 e. The first-order chi connectivity index (χ1) is 9.85. The van der Waals surface area contributed by atoms with Gasteiger partial charge in [-0.1, -0.05) is 0 Å². The van der Waals surface area contributed by atoms with Gasteiger partial charge in [0.25, 0.3) is 5.91 Å². The summed E-state index contributed by atoms with van der Waals surface area (Å²) in [5.41, 5.74) is -0.485. The fraction of sp³-hybridized carbons (Fsp3) is 0.308. The lowest BCUT2D eigenvalue weighted by Gasteiger charge is -2.14. The van der Waals surface area contributed by atoms with Gasteiger partial charge in [0.1, 0.15) is 17.7 Å². The highest BCUT2D eigenvalue weighted by Gasteiger charge is 2.23. The SMILES string of the molecule is COC(=O)CCC(NC(=O)c1ccc(F)cc1F)C(=O)O. The van der Waals surface area contributed by atoms with Crippen LogP contribution in [0.1, 0.15) is 23.2 Å². The lowest BCUT2D eigenvalue weighted by Crippen LogP contribution is -2.41. The minimum absolute atomic E-state index is 0.212. The zero-order valence-corrected chi connectivity index (χ0v) is 11.1. The van der Waals surface area contributed by atoms with E-state index in [1.807, 2.05) is 0 Å². The third kappa shape index (κ3) is 4.83. The van der Waals surface area contributed by atoms with E-state index in [0.717, 1.165) is 19.2 Å². The van der Waals surface area contributed by atoms with Gasteiger partial charge in [0.2, 0.25) is 0 Å². The molecule has 1 aromatic carbocycles. The number of hydrogen-bond acceptors (Lipinski definition) is 4. The van der Waals surface area contributed by atoms with Crippen molar-refractivity contribution in [3.8, 4) is 0 Å². The van der Waals surface area contributed by atoms with Crippen LogP contribution in [0.15, 0.2) is 18.2 Å². The van der Waals surface area contributed by atoms with Crippen LogP contribution in [0.5, 0.6) is 0 Å². The van der Waals surface area contributed by atoms with Crippen LogP contribution in [-0.4, -0.2) is 36.1 Å². The van der Waals surface area contributed by atoms with Gasteiger partial charge in [-0.3, -0.25) is 9.59 Å². The van der Waals surface area contributed by atoms with Gasteiger partial charge in [-0.25, -0.2) is 13.6 Å². The van der Waals surface area contributed by atoms with Crippen molar-refractivity contribution in [3.05, 3.63) is 35.4 Å². The molecular formula is C13H13F2NO5. The number of carboxylic acids is 1. The highest BCUT2D eigenvalue weighted by molar-refractivity contribution is 5.96. The Morgan fingerprint density at radius 3 is 2.52 bits per heavy atom. The van der Waals surface area contributed by atoms with Crippen LogP contribution in [-0.2, 0) is 14.3 Å².